The molecule has 1 saturated heterocycles. The number of halogens is 3. The Morgan fingerprint density at radius 1 is 1.15 bits per heavy atom. The first-order chi connectivity index (χ1) is 15.8. The van der Waals surface area contributed by atoms with Crippen LogP contribution in [0.3, 0.4) is 0 Å². The predicted octanol–water partition coefficient (Wildman–Crippen LogP) is 3.62. The summed E-state index contributed by atoms with van der Waals surface area (Å²) < 4.78 is 59.9. The lowest BCUT2D eigenvalue weighted by Gasteiger charge is -2.39. The smallest absolute Gasteiger partial charge is 0.475 e. The van der Waals surface area contributed by atoms with Crippen LogP contribution in [0.5, 0.6) is 0 Å². The number of rotatable bonds is 7. The van der Waals surface area contributed by atoms with E-state index in [9.17, 15) is 26.7 Å². The minimum Gasteiger partial charge on any atom is -0.475 e. The summed E-state index contributed by atoms with van der Waals surface area (Å²) >= 11 is 0. The third-order valence-corrected chi connectivity index (χ3v) is 7.15. The van der Waals surface area contributed by atoms with Gasteiger partial charge in [-0.1, -0.05) is 56.7 Å². The number of aliphatic hydroxyl groups excluding tert-OH is 1. The maximum atomic E-state index is 12.8. The molecule has 1 fully saturated rings. The first-order valence-corrected chi connectivity index (χ1v) is 12.5. The number of likely N-dealkylation sites (tertiary alicyclic amines) is 1. The summed E-state index contributed by atoms with van der Waals surface area (Å²) in [5.74, 6) is -2.22. The van der Waals surface area contributed by atoms with E-state index in [2.05, 4.69) is 23.5 Å². The zero-order valence-corrected chi connectivity index (χ0v) is 19.9. The predicted molar refractivity (Wildman–Crippen MR) is 123 cm³/mol. The van der Waals surface area contributed by atoms with Gasteiger partial charge in [0.05, 0.1) is 11.0 Å². The first-order valence-electron chi connectivity index (χ1n) is 11.0. The van der Waals surface area contributed by atoms with Crippen molar-refractivity contribution >= 4 is 26.8 Å². The van der Waals surface area contributed by atoms with E-state index in [0.29, 0.717) is 23.9 Å². The monoisotopic (exact) mass is 504 g/mol. The van der Waals surface area contributed by atoms with Crippen molar-refractivity contribution in [1.82, 2.24) is 9.62 Å². The number of alkyl halides is 3. The molecule has 1 aliphatic heterocycles. The van der Waals surface area contributed by atoms with Crippen LogP contribution >= 0.6 is 0 Å². The van der Waals surface area contributed by atoms with Crippen LogP contribution in [0.25, 0.3) is 10.8 Å². The second kappa shape index (κ2) is 12.0. The topological polar surface area (TPSA) is 107 Å². The summed E-state index contributed by atoms with van der Waals surface area (Å²) in [6.45, 7) is 5.90. The molecule has 3 rings (SSSR count). The Labute approximate surface area is 197 Å². The zero-order valence-electron chi connectivity index (χ0n) is 19.1. The van der Waals surface area contributed by atoms with E-state index in [4.69, 9.17) is 9.90 Å². The molecule has 190 valence electrons. The quantitative estimate of drug-likeness (QED) is 0.532. The van der Waals surface area contributed by atoms with Gasteiger partial charge in [-0.25, -0.2) is 17.9 Å². The van der Waals surface area contributed by atoms with Gasteiger partial charge in [-0.3, -0.25) is 4.90 Å². The summed E-state index contributed by atoms with van der Waals surface area (Å²) in [7, 11) is -3.68. The number of β-amino-alcohol motifs (C(OH)–C–C–N with tert-alkyl or cyclic N) is 1. The summed E-state index contributed by atoms with van der Waals surface area (Å²) in [5, 5.41) is 19.2. The van der Waals surface area contributed by atoms with Crippen molar-refractivity contribution in [2.45, 2.75) is 56.3 Å². The SMILES string of the molecule is CC(C)C1CCCCN1C[C@@H](O)CNS(=O)(=O)c1cccc2ccccc12.O=C(O)C(F)(F)F. The van der Waals surface area contributed by atoms with Crippen molar-refractivity contribution < 1.29 is 36.6 Å². The van der Waals surface area contributed by atoms with Crippen LogP contribution in [0, 0.1) is 5.92 Å². The highest BCUT2D eigenvalue weighted by atomic mass is 32.2. The molecule has 3 N–H and O–H groups in total. The molecule has 1 unspecified atom stereocenters. The van der Waals surface area contributed by atoms with Crippen molar-refractivity contribution in [2.24, 2.45) is 5.92 Å². The van der Waals surface area contributed by atoms with Crippen molar-refractivity contribution in [3.63, 3.8) is 0 Å². The number of carboxylic acid groups (broad SMARTS) is 1. The van der Waals surface area contributed by atoms with Crippen LogP contribution in [0.4, 0.5) is 13.2 Å². The molecular weight excluding hydrogens is 473 g/mol. The molecule has 11 heteroatoms. The van der Waals surface area contributed by atoms with Gasteiger partial charge in [-0.2, -0.15) is 13.2 Å². The van der Waals surface area contributed by atoms with Gasteiger partial charge in [0.1, 0.15) is 0 Å². The van der Waals surface area contributed by atoms with Gasteiger partial charge in [-0.15, -0.1) is 0 Å². The van der Waals surface area contributed by atoms with Crippen molar-refractivity contribution in [1.29, 1.82) is 0 Å². The van der Waals surface area contributed by atoms with Gasteiger partial charge in [0.25, 0.3) is 0 Å². The van der Waals surface area contributed by atoms with Crippen molar-refractivity contribution in [3.05, 3.63) is 42.5 Å². The Balaban J connectivity index is 0.000000509. The molecule has 0 aromatic heterocycles. The van der Waals surface area contributed by atoms with Gasteiger partial charge in [0.15, 0.2) is 0 Å². The lowest BCUT2D eigenvalue weighted by atomic mass is 9.92. The minimum atomic E-state index is -5.08. The molecule has 1 heterocycles. The van der Waals surface area contributed by atoms with E-state index in [0.717, 1.165) is 24.8 Å². The summed E-state index contributed by atoms with van der Waals surface area (Å²) in [6, 6.07) is 13.1. The van der Waals surface area contributed by atoms with E-state index < -0.39 is 28.3 Å². The number of aliphatic hydroxyl groups is 1. The van der Waals surface area contributed by atoms with Crippen LogP contribution < -0.4 is 4.72 Å². The highest BCUT2D eigenvalue weighted by Crippen LogP contribution is 2.24. The highest BCUT2D eigenvalue weighted by molar-refractivity contribution is 7.89. The normalized spacial score (nSPS) is 18.4. The number of nitrogens with zero attached hydrogens (tertiary/aromatic N) is 1. The molecule has 2 aromatic rings. The number of carboxylic acids is 1. The molecule has 0 amide bonds. The Bertz CT molecular complexity index is 1050. The second-order valence-corrected chi connectivity index (χ2v) is 10.3. The number of nitrogens with one attached hydrogen (secondary N) is 1. The first kappa shape index (κ1) is 28.0. The third kappa shape index (κ3) is 7.93. The number of hydrogen-bond acceptors (Lipinski definition) is 5. The van der Waals surface area contributed by atoms with Crippen LogP contribution in [-0.4, -0.2) is 67.5 Å². The lowest BCUT2D eigenvalue weighted by Crippen LogP contribution is -2.48. The number of benzene rings is 2. The van der Waals surface area contributed by atoms with E-state index in [1.54, 1.807) is 18.2 Å². The Morgan fingerprint density at radius 2 is 1.76 bits per heavy atom. The van der Waals surface area contributed by atoms with Gasteiger partial charge in [-0.05, 0) is 36.8 Å². The number of fused-ring (bicyclic) bond motifs is 1. The molecule has 0 saturated carbocycles. The maximum absolute atomic E-state index is 12.8. The van der Waals surface area contributed by atoms with Crippen LogP contribution in [0.1, 0.15) is 33.1 Å². The van der Waals surface area contributed by atoms with Crippen LogP contribution in [0.2, 0.25) is 0 Å². The standard InChI is InChI=1S/C21H30N2O3S.C2HF3O2/c1-16(2)20-11-5-6-13-23(20)15-18(24)14-22-27(25,26)21-12-7-9-17-8-3-4-10-19(17)21;3-2(4,5)1(6)7/h3-4,7-10,12,16,18,20,22,24H,5-6,11,13-15H2,1-2H3;(H,6,7)/t18-,20?;/m0./s1. The van der Waals surface area contributed by atoms with Crippen molar-refractivity contribution in [3.8, 4) is 0 Å². The molecule has 1 aliphatic rings. The Kier molecular flexibility index (Phi) is 9.86. The van der Waals surface area contributed by atoms with Gasteiger partial charge < -0.3 is 10.2 Å². The summed E-state index contributed by atoms with van der Waals surface area (Å²) in [6.07, 6.45) is -2.30. The average Bonchev–Trinajstić information content (AvgIpc) is 2.77. The largest absolute Gasteiger partial charge is 0.490 e. The fraction of sp³-hybridized carbons (Fsp3) is 0.522. The summed E-state index contributed by atoms with van der Waals surface area (Å²) in [5.41, 5.74) is 0. The molecule has 2 aromatic carbocycles. The van der Waals surface area contributed by atoms with Crippen molar-refractivity contribution in [2.75, 3.05) is 19.6 Å². The maximum Gasteiger partial charge on any atom is 0.490 e. The van der Waals surface area contributed by atoms with E-state index >= 15 is 0 Å². The molecule has 2 atom stereocenters. The van der Waals surface area contributed by atoms with Gasteiger partial charge >= 0.3 is 12.1 Å². The second-order valence-electron chi connectivity index (χ2n) is 8.59. The molecular formula is C23H31F3N2O5S. The number of hydrogen-bond donors (Lipinski definition) is 3. The number of sulfonamides is 1. The van der Waals surface area contributed by atoms with E-state index in [1.807, 2.05) is 24.3 Å². The molecule has 0 aliphatic carbocycles. The lowest BCUT2D eigenvalue weighted by molar-refractivity contribution is -0.192. The van der Waals surface area contributed by atoms with Crippen LogP contribution in [-0.2, 0) is 14.8 Å². The fourth-order valence-corrected chi connectivity index (χ4v) is 5.35. The zero-order chi connectivity index (χ0) is 25.5. The number of aliphatic carboxylic acids is 1. The molecule has 34 heavy (non-hydrogen) atoms. The molecule has 0 radical (unpaired) electrons. The minimum absolute atomic E-state index is 0.0207. The van der Waals surface area contributed by atoms with Gasteiger partial charge in [0.2, 0.25) is 10.0 Å². The Hall–Kier alpha value is -2.21. The molecule has 0 spiro atoms. The molecule has 7 nitrogen and oxygen atoms in total. The van der Waals surface area contributed by atoms with Crippen LogP contribution in [0.15, 0.2) is 47.4 Å². The van der Waals surface area contributed by atoms with Gasteiger partial charge in [0, 0.05) is 24.5 Å². The average molecular weight is 505 g/mol. The van der Waals surface area contributed by atoms with E-state index in [-0.39, 0.29) is 11.4 Å². The number of carbonyl (C=O) groups is 1. The molecule has 0 bridgehead atoms. The third-order valence-electron chi connectivity index (χ3n) is 5.67. The Morgan fingerprint density at radius 3 is 2.38 bits per heavy atom. The fourth-order valence-electron chi connectivity index (χ4n) is 4.05. The van der Waals surface area contributed by atoms with E-state index in [1.165, 1.54) is 6.42 Å². The highest BCUT2D eigenvalue weighted by Gasteiger charge is 2.38. The summed E-state index contributed by atoms with van der Waals surface area (Å²) in [4.78, 5) is 11.5. The number of piperidine rings is 1.